The zero-order chi connectivity index (χ0) is 83.4. The van der Waals surface area contributed by atoms with Crippen LogP contribution in [0.4, 0.5) is 58.2 Å². The van der Waals surface area contributed by atoms with Gasteiger partial charge in [0.25, 0.3) is 0 Å². The van der Waals surface area contributed by atoms with Crippen molar-refractivity contribution in [1.29, 1.82) is 0 Å². The van der Waals surface area contributed by atoms with Crippen LogP contribution in [0.25, 0.3) is 0 Å². The third kappa shape index (κ3) is 24.1. The van der Waals surface area contributed by atoms with E-state index in [1.165, 1.54) is 25.7 Å². The first kappa shape index (κ1) is 87.7. The van der Waals surface area contributed by atoms with Gasteiger partial charge in [-0.05, 0) is 125 Å². The van der Waals surface area contributed by atoms with Crippen LogP contribution in [0.15, 0.2) is 92.3 Å². The summed E-state index contributed by atoms with van der Waals surface area (Å²) in [5, 5.41) is 0. The number of hydrogen-bond donors (Lipinski definition) is 5. The maximum atomic E-state index is 6.04. The standard InChI is InChI=1S/2C17H23N5O.2C17H25N5O.C16H23N5O/c1-10(2)13-8-20-16(22(4)12-5-6-12)7-14(13)23-15-9-19-11(3)21-17(15)18;1-11(2)13-9-20-16(22-6-4-5-7-22)8-14(13)23-15-10-19-12(3)21-17(15)18;1-10(2)13-8-20-16(22(6)11(3)4)7-14(13)23-15-9-19-12(5)21-17(15)18;1-6-22(7-2)16-8-14(13(9-20-16)11(3)4)23-15-10-19-12(5)21-17(15)18;1-6-21(5)15-7-13(12(8-19-15)10(2)3)22-14-9-18-11(4)20-16(14)17/h7-10,12H,5-6H2,1-4H3,(H2,18,19,21);8-11H,4-7H2,1-3H3,(H2,18,19,21);7-11H,1-6H3,(H2,18,19,21);8-11H,6-7H2,1-5H3,(H2,18,19,21);7-10H,6H2,1-5H3,(H2,17,18,20). The van der Waals surface area contributed by atoms with E-state index in [1.807, 2.05) is 80.3 Å². The molecule has 114 heavy (non-hydrogen) atoms. The molecule has 1 saturated carbocycles. The smallest absolute Gasteiger partial charge is 0.187 e. The van der Waals surface area contributed by atoms with Gasteiger partial charge in [0, 0.05) is 155 Å². The topological polar surface area (TPSA) is 386 Å². The number of pyridine rings is 5. The highest BCUT2D eigenvalue weighted by Crippen LogP contribution is 2.41. The van der Waals surface area contributed by atoms with Crippen LogP contribution < -0.4 is 76.9 Å². The van der Waals surface area contributed by atoms with Gasteiger partial charge < -0.3 is 76.9 Å². The van der Waals surface area contributed by atoms with Gasteiger partial charge in [-0.2, -0.15) is 0 Å². The number of nitrogens with two attached hydrogens (primary N) is 5. The van der Waals surface area contributed by atoms with Crippen molar-refractivity contribution < 1.29 is 23.7 Å². The fraction of sp³-hybridized carbons (Fsp3) is 0.464. The lowest BCUT2D eigenvalue weighted by atomic mass is 10.0. The summed E-state index contributed by atoms with van der Waals surface area (Å²) in [7, 11) is 6.07. The van der Waals surface area contributed by atoms with E-state index in [1.54, 1.807) is 65.6 Å². The van der Waals surface area contributed by atoms with Crippen LogP contribution in [0.1, 0.15) is 216 Å². The Morgan fingerprint density at radius 3 is 0.930 bits per heavy atom. The molecule has 10 N–H and O–H groups in total. The summed E-state index contributed by atoms with van der Waals surface area (Å²) in [6.45, 7) is 45.3. The van der Waals surface area contributed by atoms with E-state index in [2.05, 4.69) is 205 Å². The van der Waals surface area contributed by atoms with Crippen molar-refractivity contribution in [3.63, 3.8) is 0 Å². The van der Waals surface area contributed by atoms with Crippen molar-refractivity contribution in [1.82, 2.24) is 74.8 Å². The van der Waals surface area contributed by atoms with E-state index < -0.39 is 0 Å². The number of anilines is 10. The summed E-state index contributed by atoms with van der Waals surface area (Å²) in [5.41, 5.74) is 34.9. The third-order valence-corrected chi connectivity index (χ3v) is 19.1. The molecule has 30 nitrogen and oxygen atoms in total. The third-order valence-electron chi connectivity index (χ3n) is 19.1. The lowest BCUT2D eigenvalue weighted by molar-refractivity contribution is 0.469. The van der Waals surface area contributed by atoms with Crippen molar-refractivity contribution in [2.45, 2.75) is 206 Å². The molecule has 0 radical (unpaired) electrons. The van der Waals surface area contributed by atoms with Crippen LogP contribution in [-0.2, 0) is 0 Å². The molecule has 2 aliphatic rings. The highest BCUT2D eigenvalue weighted by atomic mass is 16.5. The van der Waals surface area contributed by atoms with Crippen LogP contribution in [-0.4, -0.2) is 141 Å². The number of nitrogen functional groups attached to an aromatic ring is 5. The molecule has 610 valence electrons. The van der Waals surface area contributed by atoms with Gasteiger partial charge in [-0.25, -0.2) is 74.8 Å². The number of hydrogen-bond acceptors (Lipinski definition) is 30. The Hall–Kier alpha value is -11.9. The average Bonchev–Trinajstić information content (AvgIpc) is 1.51. The van der Waals surface area contributed by atoms with Crippen LogP contribution in [0.5, 0.6) is 57.5 Å². The van der Waals surface area contributed by atoms with Gasteiger partial charge in [0.05, 0.1) is 31.0 Å². The van der Waals surface area contributed by atoms with Gasteiger partial charge in [0.1, 0.15) is 87.0 Å². The van der Waals surface area contributed by atoms with Gasteiger partial charge in [-0.1, -0.05) is 69.2 Å². The van der Waals surface area contributed by atoms with E-state index in [-0.39, 0.29) is 17.8 Å². The van der Waals surface area contributed by atoms with Crippen molar-refractivity contribution in [2.75, 3.05) is 107 Å². The second kappa shape index (κ2) is 40.6. The largest absolute Gasteiger partial charge is 0.451 e. The molecule has 11 heterocycles. The Balaban J connectivity index is 0.000000178. The average molecular weight is 1560 g/mol. The fourth-order valence-electron chi connectivity index (χ4n) is 11.7. The molecule has 12 rings (SSSR count). The first-order chi connectivity index (χ1) is 54.2. The van der Waals surface area contributed by atoms with Crippen molar-refractivity contribution in [2.24, 2.45) is 0 Å². The molecule has 1 aliphatic heterocycles. The predicted octanol–water partition coefficient (Wildman–Crippen LogP) is 16.7. The van der Waals surface area contributed by atoms with Gasteiger partial charge in [-0.15, -0.1) is 0 Å². The van der Waals surface area contributed by atoms with Gasteiger partial charge in [0.15, 0.2) is 57.8 Å². The van der Waals surface area contributed by atoms with Crippen LogP contribution in [0, 0.1) is 34.6 Å². The van der Waals surface area contributed by atoms with E-state index >= 15 is 0 Å². The molecule has 0 spiro atoms. The maximum Gasteiger partial charge on any atom is 0.187 e. The maximum absolute atomic E-state index is 6.04. The molecule has 0 aromatic carbocycles. The Morgan fingerprint density at radius 2 is 0.632 bits per heavy atom. The van der Waals surface area contributed by atoms with Crippen LogP contribution >= 0.6 is 0 Å². The molecule has 30 heteroatoms. The van der Waals surface area contributed by atoms with E-state index in [0.717, 1.165) is 118 Å². The Kier molecular flexibility index (Phi) is 31.2. The zero-order valence-corrected chi connectivity index (χ0v) is 70.9. The monoisotopic (exact) mass is 1560 g/mol. The number of aromatic nitrogens is 15. The minimum atomic E-state index is 0.281. The predicted molar refractivity (Wildman–Crippen MR) is 457 cm³/mol. The molecular weight excluding hydrogens is 1440 g/mol. The molecule has 1 aliphatic carbocycles. The molecule has 10 aromatic heterocycles. The van der Waals surface area contributed by atoms with E-state index in [4.69, 9.17) is 52.4 Å². The fourth-order valence-corrected chi connectivity index (χ4v) is 11.7. The zero-order valence-electron chi connectivity index (χ0n) is 70.9. The molecule has 0 amide bonds. The highest BCUT2D eigenvalue weighted by Gasteiger charge is 2.29. The molecule has 2 fully saturated rings. The summed E-state index contributed by atoms with van der Waals surface area (Å²) >= 11 is 0. The van der Waals surface area contributed by atoms with Gasteiger partial charge >= 0.3 is 0 Å². The lowest BCUT2D eigenvalue weighted by Crippen LogP contribution is -2.26. The number of aryl methyl sites for hydroxylation is 5. The first-order valence-electron chi connectivity index (χ1n) is 39.2. The Morgan fingerprint density at radius 1 is 0.351 bits per heavy atom. The van der Waals surface area contributed by atoms with E-state index in [0.29, 0.717) is 111 Å². The lowest BCUT2D eigenvalue weighted by Gasteiger charge is -2.24. The van der Waals surface area contributed by atoms with Crippen molar-refractivity contribution in [3.8, 4) is 57.5 Å². The quantitative estimate of drug-likeness (QED) is 0.0355. The van der Waals surface area contributed by atoms with Crippen LogP contribution in [0.2, 0.25) is 0 Å². The Labute approximate surface area is 673 Å². The van der Waals surface area contributed by atoms with Crippen molar-refractivity contribution in [3.05, 3.63) is 149 Å². The summed E-state index contributed by atoms with van der Waals surface area (Å²) in [6.07, 6.45) is 22.3. The number of ether oxygens (including phenoxy) is 5. The van der Waals surface area contributed by atoms with Gasteiger partial charge in [-0.3, -0.25) is 0 Å². The minimum Gasteiger partial charge on any atom is -0.451 e. The minimum absolute atomic E-state index is 0.281. The van der Waals surface area contributed by atoms with E-state index in [9.17, 15) is 0 Å². The molecule has 10 aromatic rings. The summed E-state index contributed by atoms with van der Waals surface area (Å²) in [5.74, 6) is 16.9. The second-order valence-corrected chi connectivity index (χ2v) is 29.9. The normalized spacial score (nSPS) is 12.3. The molecule has 0 bridgehead atoms. The van der Waals surface area contributed by atoms with Crippen LogP contribution in [0.3, 0.4) is 0 Å². The SMILES string of the molecule is CCN(C)c1cc(Oc2cnc(C)nc2N)c(C(C)C)cn1.CCN(CC)c1cc(Oc2cnc(C)nc2N)c(C(C)C)cn1.Cc1ncc(Oc2cc(N(C)C(C)C)ncc2C(C)C)c(N)n1.Cc1ncc(Oc2cc(N(C)C3CC3)ncc2C(C)C)c(N)n1.Cc1ncc(Oc2cc(N3CCCC3)ncc2C(C)C)c(N)n1. The second-order valence-electron chi connectivity index (χ2n) is 29.9. The summed E-state index contributed by atoms with van der Waals surface area (Å²) in [4.78, 5) is 75.1. The van der Waals surface area contributed by atoms with Crippen molar-refractivity contribution >= 4 is 58.2 Å². The molecule has 1 saturated heterocycles. The Bertz CT molecular complexity index is 4360. The summed E-state index contributed by atoms with van der Waals surface area (Å²) < 4.78 is 30.1. The number of rotatable bonds is 25. The molecular formula is C84H119N25O5. The highest BCUT2D eigenvalue weighted by molar-refractivity contribution is 5.59. The molecule has 0 unspecified atom stereocenters. The number of nitrogens with zero attached hydrogens (tertiary/aromatic N) is 20. The first-order valence-corrected chi connectivity index (χ1v) is 39.2. The molecule has 0 atom stereocenters. The summed E-state index contributed by atoms with van der Waals surface area (Å²) in [6, 6.07) is 10.7. The van der Waals surface area contributed by atoms with Gasteiger partial charge in [0.2, 0.25) is 0 Å².